The van der Waals surface area contributed by atoms with E-state index in [1.165, 1.54) is 29.5 Å². The van der Waals surface area contributed by atoms with Crippen molar-refractivity contribution in [1.29, 1.82) is 0 Å². The Morgan fingerprint density at radius 3 is 2.53 bits per heavy atom. The second-order valence-corrected chi connectivity index (χ2v) is 5.67. The molecule has 2 rings (SSSR count). The summed E-state index contributed by atoms with van der Waals surface area (Å²) in [6, 6.07) is 6.54. The van der Waals surface area contributed by atoms with Crippen LogP contribution in [0.3, 0.4) is 0 Å². The number of hydrogen-bond acceptors (Lipinski definition) is 2. The van der Waals surface area contributed by atoms with Gasteiger partial charge in [-0.05, 0) is 51.1 Å². The molecule has 19 heavy (non-hydrogen) atoms. The normalized spacial score (nSPS) is 14.4. The van der Waals surface area contributed by atoms with Gasteiger partial charge in [-0.25, -0.2) is 0 Å². The van der Waals surface area contributed by atoms with Crippen LogP contribution in [0.4, 0.5) is 0 Å². The average molecular weight is 260 g/mol. The van der Waals surface area contributed by atoms with Crippen molar-refractivity contribution in [2.45, 2.75) is 33.1 Å². The summed E-state index contributed by atoms with van der Waals surface area (Å²) < 4.78 is 0. The van der Waals surface area contributed by atoms with Crippen LogP contribution in [-0.2, 0) is 11.2 Å². The van der Waals surface area contributed by atoms with Crippen molar-refractivity contribution < 1.29 is 4.79 Å². The lowest BCUT2D eigenvalue weighted by molar-refractivity contribution is -0.120. The molecular formula is C16H24N2O. The molecule has 0 unspecified atom stereocenters. The van der Waals surface area contributed by atoms with E-state index >= 15 is 0 Å². The maximum Gasteiger partial charge on any atom is 0.233 e. The number of nitrogens with one attached hydrogen (secondary N) is 2. The third-order valence-electron chi connectivity index (χ3n) is 3.43. The number of hydrogen-bond donors (Lipinski definition) is 2. The maximum absolute atomic E-state index is 11.6. The van der Waals surface area contributed by atoms with Gasteiger partial charge in [-0.2, -0.15) is 0 Å². The van der Waals surface area contributed by atoms with Crippen LogP contribution < -0.4 is 10.6 Å². The highest BCUT2D eigenvalue weighted by Crippen LogP contribution is 2.27. The summed E-state index contributed by atoms with van der Waals surface area (Å²) in [5, 5.41) is 6.16. The van der Waals surface area contributed by atoms with Crippen molar-refractivity contribution in [2.75, 3.05) is 19.6 Å². The zero-order valence-corrected chi connectivity index (χ0v) is 12.0. The van der Waals surface area contributed by atoms with Gasteiger partial charge in [0.15, 0.2) is 0 Å². The number of amides is 1. The summed E-state index contributed by atoms with van der Waals surface area (Å²) in [5.74, 6) is 0.924. The number of carbonyl (C=O) groups excluding carboxylic acids is 1. The quantitative estimate of drug-likeness (QED) is 0.787. The monoisotopic (exact) mass is 260 g/mol. The van der Waals surface area contributed by atoms with Gasteiger partial charge in [0, 0.05) is 6.54 Å². The topological polar surface area (TPSA) is 41.1 Å². The summed E-state index contributed by atoms with van der Waals surface area (Å²) in [5.41, 5.74) is 3.86. The molecule has 0 atom stereocenters. The molecule has 1 fully saturated rings. The molecule has 0 saturated heterocycles. The van der Waals surface area contributed by atoms with E-state index in [1.54, 1.807) is 0 Å². The van der Waals surface area contributed by atoms with Gasteiger partial charge in [-0.3, -0.25) is 4.79 Å². The minimum Gasteiger partial charge on any atom is -0.355 e. The number of carbonyl (C=O) groups is 1. The highest BCUT2D eigenvalue weighted by molar-refractivity contribution is 5.77. The minimum atomic E-state index is 0.102. The Balaban J connectivity index is 1.62. The second kappa shape index (κ2) is 6.71. The third kappa shape index (κ3) is 5.43. The van der Waals surface area contributed by atoms with Crippen LogP contribution in [0.2, 0.25) is 0 Å². The Bertz CT molecular complexity index is 418. The number of rotatable bonds is 7. The zero-order chi connectivity index (χ0) is 13.7. The van der Waals surface area contributed by atoms with E-state index in [2.05, 4.69) is 42.7 Å². The van der Waals surface area contributed by atoms with Gasteiger partial charge in [-0.15, -0.1) is 0 Å². The molecule has 2 N–H and O–H groups in total. The first-order chi connectivity index (χ1) is 9.13. The fourth-order valence-electron chi connectivity index (χ4n) is 2.33. The van der Waals surface area contributed by atoms with E-state index in [9.17, 15) is 4.79 Å². The molecule has 0 heterocycles. The number of aryl methyl sites for hydroxylation is 2. The molecule has 1 aromatic rings. The average Bonchev–Trinajstić information content (AvgIpc) is 3.11. The molecular weight excluding hydrogens is 236 g/mol. The molecule has 1 aliphatic carbocycles. The van der Waals surface area contributed by atoms with Crippen LogP contribution in [0.5, 0.6) is 0 Å². The number of benzene rings is 1. The van der Waals surface area contributed by atoms with Gasteiger partial charge in [0.05, 0.1) is 6.54 Å². The predicted octanol–water partition coefficient (Wildman–Crippen LogP) is 1.96. The molecule has 3 heteroatoms. The van der Waals surface area contributed by atoms with Gasteiger partial charge in [0.2, 0.25) is 5.91 Å². The van der Waals surface area contributed by atoms with Crippen molar-refractivity contribution >= 4 is 5.91 Å². The highest BCUT2D eigenvalue weighted by Gasteiger charge is 2.20. The lowest BCUT2D eigenvalue weighted by Gasteiger charge is -2.08. The lowest BCUT2D eigenvalue weighted by Crippen LogP contribution is -2.35. The van der Waals surface area contributed by atoms with E-state index in [4.69, 9.17) is 0 Å². The Hall–Kier alpha value is -1.35. The Kier molecular flexibility index (Phi) is 4.97. The second-order valence-electron chi connectivity index (χ2n) is 5.67. The smallest absolute Gasteiger partial charge is 0.233 e. The molecule has 1 aliphatic rings. The summed E-state index contributed by atoms with van der Waals surface area (Å²) in [4.78, 5) is 11.6. The third-order valence-corrected chi connectivity index (χ3v) is 3.43. The van der Waals surface area contributed by atoms with Gasteiger partial charge >= 0.3 is 0 Å². The molecule has 0 radical (unpaired) electrons. The van der Waals surface area contributed by atoms with Gasteiger partial charge in [0.1, 0.15) is 0 Å². The molecule has 1 amide bonds. The predicted molar refractivity (Wildman–Crippen MR) is 78.2 cm³/mol. The first kappa shape index (κ1) is 14.1. The van der Waals surface area contributed by atoms with Crippen molar-refractivity contribution in [3.63, 3.8) is 0 Å². The minimum absolute atomic E-state index is 0.102. The largest absolute Gasteiger partial charge is 0.355 e. The molecule has 1 saturated carbocycles. The summed E-state index contributed by atoms with van der Waals surface area (Å²) in [6.45, 7) is 6.37. The molecule has 1 aromatic carbocycles. The summed E-state index contributed by atoms with van der Waals surface area (Å²) >= 11 is 0. The van der Waals surface area contributed by atoms with E-state index in [0.717, 1.165) is 18.9 Å². The Morgan fingerprint density at radius 2 is 1.89 bits per heavy atom. The van der Waals surface area contributed by atoms with Crippen LogP contribution in [0.25, 0.3) is 0 Å². The zero-order valence-electron chi connectivity index (χ0n) is 12.0. The Labute approximate surface area is 115 Å². The van der Waals surface area contributed by atoms with Crippen LogP contribution >= 0.6 is 0 Å². The SMILES string of the molecule is Cc1cc(C)cc(CCNC(=O)CNCC2CC2)c1. The molecule has 0 aliphatic heterocycles. The maximum atomic E-state index is 11.6. The van der Waals surface area contributed by atoms with Crippen molar-refractivity contribution in [1.82, 2.24) is 10.6 Å². The van der Waals surface area contributed by atoms with Crippen LogP contribution in [0, 0.1) is 19.8 Å². The van der Waals surface area contributed by atoms with Crippen LogP contribution in [-0.4, -0.2) is 25.5 Å². The van der Waals surface area contributed by atoms with E-state index < -0.39 is 0 Å². The fraction of sp³-hybridized carbons (Fsp3) is 0.562. The Morgan fingerprint density at radius 1 is 1.21 bits per heavy atom. The first-order valence-electron chi connectivity index (χ1n) is 7.18. The highest BCUT2D eigenvalue weighted by atomic mass is 16.1. The summed E-state index contributed by atoms with van der Waals surface area (Å²) in [7, 11) is 0. The van der Waals surface area contributed by atoms with E-state index in [0.29, 0.717) is 13.1 Å². The van der Waals surface area contributed by atoms with Crippen LogP contribution in [0.1, 0.15) is 29.5 Å². The van der Waals surface area contributed by atoms with Gasteiger partial charge < -0.3 is 10.6 Å². The van der Waals surface area contributed by atoms with Crippen LogP contribution in [0.15, 0.2) is 18.2 Å². The molecule has 0 aromatic heterocycles. The molecule has 0 spiro atoms. The van der Waals surface area contributed by atoms with E-state index in [1.807, 2.05) is 0 Å². The van der Waals surface area contributed by atoms with Crippen molar-refractivity contribution in [3.05, 3.63) is 34.9 Å². The lowest BCUT2D eigenvalue weighted by atomic mass is 10.1. The molecule has 104 valence electrons. The van der Waals surface area contributed by atoms with Gasteiger partial charge in [-0.1, -0.05) is 29.3 Å². The first-order valence-corrected chi connectivity index (χ1v) is 7.18. The summed E-state index contributed by atoms with van der Waals surface area (Å²) in [6.07, 6.45) is 3.54. The fourth-order valence-corrected chi connectivity index (χ4v) is 2.33. The van der Waals surface area contributed by atoms with Crippen molar-refractivity contribution in [2.24, 2.45) is 5.92 Å². The van der Waals surface area contributed by atoms with E-state index in [-0.39, 0.29) is 5.91 Å². The standard InChI is InChI=1S/C16H24N2O/c1-12-7-13(2)9-15(8-12)5-6-18-16(19)11-17-10-14-3-4-14/h7-9,14,17H,3-6,10-11H2,1-2H3,(H,18,19). The van der Waals surface area contributed by atoms with Crippen molar-refractivity contribution in [3.8, 4) is 0 Å². The molecule has 0 bridgehead atoms. The van der Waals surface area contributed by atoms with Gasteiger partial charge in [0.25, 0.3) is 0 Å². The molecule has 3 nitrogen and oxygen atoms in total.